The van der Waals surface area contributed by atoms with Crippen molar-refractivity contribution in [2.45, 2.75) is 31.0 Å². The largest absolute Gasteiger partial charge is 0.373 e. The number of likely N-dealkylation sites (N-methyl/N-ethyl adjacent to an activating group) is 1. The summed E-state index contributed by atoms with van der Waals surface area (Å²) < 4.78 is 0. The zero-order valence-electron chi connectivity index (χ0n) is 14.0. The van der Waals surface area contributed by atoms with E-state index in [-0.39, 0.29) is 35.9 Å². The zero-order valence-corrected chi connectivity index (χ0v) is 14.8. The van der Waals surface area contributed by atoms with Gasteiger partial charge in [0.25, 0.3) is 0 Å². The number of fused-ring (bicyclic) bond motifs is 2. The van der Waals surface area contributed by atoms with Crippen molar-refractivity contribution in [2.75, 3.05) is 25.5 Å². The molecule has 0 spiro atoms. The molecular formula is C17H22ClN5O2. The highest BCUT2D eigenvalue weighted by molar-refractivity contribution is 6.30. The second-order valence-electron chi connectivity index (χ2n) is 6.93. The molecule has 7 nitrogen and oxygen atoms in total. The van der Waals surface area contributed by atoms with Crippen molar-refractivity contribution in [3.63, 3.8) is 0 Å². The van der Waals surface area contributed by atoms with Gasteiger partial charge in [-0.15, -0.1) is 0 Å². The summed E-state index contributed by atoms with van der Waals surface area (Å²) in [7, 11) is 1.63. The molecule has 1 aromatic rings. The van der Waals surface area contributed by atoms with Gasteiger partial charge in [-0.3, -0.25) is 15.0 Å². The van der Waals surface area contributed by atoms with Crippen molar-refractivity contribution in [3.05, 3.63) is 28.8 Å². The van der Waals surface area contributed by atoms with Gasteiger partial charge >= 0.3 is 0 Å². The smallest absolute Gasteiger partial charge is 0.245 e. The molecule has 2 amide bonds. The summed E-state index contributed by atoms with van der Waals surface area (Å²) in [6.07, 6.45) is 1.48. The van der Waals surface area contributed by atoms with E-state index in [4.69, 9.17) is 11.6 Å². The first-order valence-corrected chi connectivity index (χ1v) is 9.01. The number of piperidine rings is 1. The first-order chi connectivity index (χ1) is 12.1. The van der Waals surface area contributed by atoms with Crippen LogP contribution in [0.25, 0.3) is 0 Å². The van der Waals surface area contributed by atoms with Gasteiger partial charge in [0, 0.05) is 49.2 Å². The third kappa shape index (κ3) is 2.96. The van der Waals surface area contributed by atoms with Gasteiger partial charge in [-0.1, -0.05) is 11.6 Å². The molecule has 0 saturated carbocycles. The minimum atomic E-state index is -0.307. The molecule has 0 aliphatic carbocycles. The third-order valence-corrected chi connectivity index (χ3v) is 5.71. The van der Waals surface area contributed by atoms with Crippen LogP contribution in [0.2, 0.25) is 5.02 Å². The number of anilines is 1. The molecule has 3 aliphatic heterocycles. The molecule has 2 fully saturated rings. The minimum Gasteiger partial charge on any atom is -0.373 e. The second kappa shape index (κ2) is 6.48. The number of hydrogen-bond donors (Lipinski definition) is 4. The fourth-order valence-corrected chi connectivity index (χ4v) is 4.31. The first-order valence-electron chi connectivity index (χ1n) is 8.63. The second-order valence-corrected chi connectivity index (χ2v) is 7.36. The number of likely N-dealkylation sites (tertiary alicyclic amines) is 1. The fourth-order valence-electron chi connectivity index (χ4n) is 4.12. The lowest BCUT2D eigenvalue weighted by Gasteiger charge is -2.37. The van der Waals surface area contributed by atoms with Crippen LogP contribution in [0.4, 0.5) is 5.69 Å². The van der Waals surface area contributed by atoms with Gasteiger partial charge in [-0.25, -0.2) is 5.43 Å². The van der Waals surface area contributed by atoms with Gasteiger partial charge in [-0.2, -0.15) is 0 Å². The van der Waals surface area contributed by atoms with Crippen LogP contribution < -0.4 is 21.5 Å². The van der Waals surface area contributed by atoms with E-state index >= 15 is 0 Å². The number of benzene rings is 1. The van der Waals surface area contributed by atoms with Crippen molar-refractivity contribution in [1.29, 1.82) is 0 Å². The molecule has 3 heterocycles. The molecule has 4 rings (SSSR count). The third-order valence-electron chi connectivity index (χ3n) is 5.47. The van der Waals surface area contributed by atoms with Crippen LogP contribution in [0, 0.1) is 5.92 Å². The predicted molar refractivity (Wildman–Crippen MR) is 95.2 cm³/mol. The van der Waals surface area contributed by atoms with E-state index in [1.54, 1.807) is 7.05 Å². The Bertz CT molecular complexity index is 712. The highest BCUT2D eigenvalue weighted by Crippen LogP contribution is 2.31. The zero-order chi connectivity index (χ0) is 17.6. The SMILES string of the molecule is CNC(=O)C1NNC2CCN(C(=O)C3Cc4cc(Cl)ccc4N3)CC21. The van der Waals surface area contributed by atoms with Crippen molar-refractivity contribution >= 4 is 29.1 Å². The van der Waals surface area contributed by atoms with Crippen LogP contribution in [0.5, 0.6) is 0 Å². The van der Waals surface area contributed by atoms with Crippen molar-refractivity contribution in [2.24, 2.45) is 5.92 Å². The average molecular weight is 364 g/mol. The number of carbonyl (C=O) groups excluding carboxylic acids is 2. The van der Waals surface area contributed by atoms with Crippen molar-refractivity contribution in [1.82, 2.24) is 21.1 Å². The predicted octanol–water partition coefficient (Wildman–Crippen LogP) is 0.116. The topological polar surface area (TPSA) is 85.5 Å². The molecule has 0 radical (unpaired) electrons. The standard InChI is InChI=1S/C17H22ClN5O2/c1-19-16(24)15-11-8-23(5-4-13(11)21-22-15)17(25)14-7-9-6-10(18)2-3-12(9)20-14/h2-3,6,11,13-15,20-22H,4-5,7-8H2,1H3,(H,19,24). The summed E-state index contributed by atoms with van der Waals surface area (Å²) in [6, 6.07) is 5.32. The minimum absolute atomic E-state index is 0.0460. The maximum atomic E-state index is 13.0. The number of hydrazine groups is 1. The van der Waals surface area contributed by atoms with E-state index in [1.807, 2.05) is 23.1 Å². The monoisotopic (exact) mass is 363 g/mol. The number of nitrogens with zero attached hydrogens (tertiary/aromatic N) is 1. The van der Waals surface area contributed by atoms with E-state index in [0.29, 0.717) is 24.5 Å². The van der Waals surface area contributed by atoms with Crippen molar-refractivity contribution in [3.8, 4) is 0 Å². The normalized spacial score (nSPS) is 30.4. The molecule has 8 heteroatoms. The van der Waals surface area contributed by atoms with Crippen LogP contribution in [0.1, 0.15) is 12.0 Å². The number of hydrogen-bond acceptors (Lipinski definition) is 5. The Kier molecular flexibility index (Phi) is 4.31. The Morgan fingerprint density at radius 3 is 2.96 bits per heavy atom. The molecule has 4 atom stereocenters. The lowest BCUT2D eigenvalue weighted by atomic mass is 9.87. The highest BCUT2D eigenvalue weighted by atomic mass is 35.5. The average Bonchev–Trinajstić information content (AvgIpc) is 3.23. The van der Waals surface area contributed by atoms with E-state index in [2.05, 4.69) is 21.5 Å². The molecule has 25 heavy (non-hydrogen) atoms. The Balaban J connectivity index is 1.44. The van der Waals surface area contributed by atoms with E-state index in [1.165, 1.54) is 0 Å². The maximum Gasteiger partial charge on any atom is 0.245 e. The van der Waals surface area contributed by atoms with Gasteiger partial charge < -0.3 is 15.5 Å². The van der Waals surface area contributed by atoms with Crippen LogP contribution in [-0.2, 0) is 16.0 Å². The molecule has 3 aliphatic rings. The molecule has 4 N–H and O–H groups in total. The van der Waals surface area contributed by atoms with Crippen LogP contribution in [-0.4, -0.2) is 55.0 Å². The van der Waals surface area contributed by atoms with E-state index in [0.717, 1.165) is 17.7 Å². The fraction of sp³-hybridized carbons (Fsp3) is 0.529. The number of carbonyl (C=O) groups is 2. The summed E-state index contributed by atoms with van der Waals surface area (Å²) in [4.78, 5) is 26.9. The molecule has 134 valence electrons. The summed E-state index contributed by atoms with van der Waals surface area (Å²) in [6.45, 7) is 1.28. The maximum absolute atomic E-state index is 13.0. The Labute approximate surface area is 151 Å². The molecule has 2 saturated heterocycles. The van der Waals surface area contributed by atoms with E-state index < -0.39 is 0 Å². The van der Waals surface area contributed by atoms with Gasteiger partial charge in [-0.05, 0) is 30.2 Å². The number of halogens is 1. The summed E-state index contributed by atoms with van der Waals surface area (Å²) in [5.74, 6) is 0.125. The number of nitrogens with one attached hydrogen (secondary N) is 4. The van der Waals surface area contributed by atoms with Crippen LogP contribution in [0.15, 0.2) is 18.2 Å². The Morgan fingerprint density at radius 2 is 2.16 bits per heavy atom. The van der Waals surface area contributed by atoms with Gasteiger partial charge in [0.2, 0.25) is 11.8 Å². The van der Waals surface area contributed by atoms with Crippen molar-refractivity contribution < 1.29 is 9.59 Å². The first kappa shape index (κ1) is 16.6. The van der Waals surface area contributed by atoms with E-state index in [9.17, 15) is 9.59 Å². The molecule has 0 bridgehead atoms. The Morgan fingerprint density at radius 1 is 1.32 bits per heavy atom. The summed E-state index contributed by atoms with van der Waals surface area (Å²) in [5, 5.41) is 6.68. The quantitative estimate of drug-likeness (QED) is 0.599. The molecule has 4 unspecified atom stereocenters. The van der Waals surface area contributed by atoms with Crippen LogP contribution >= 0.6 is 11.6 Å². The van der Waals surface area contributed by atoms with Gasteiger partial charge in [0.1, 0.15) is 12.1 Å². The summed E-state index contributed by atoms with van der Waals surface area (Å²) in [5.41, 5.74) is 8.32. The molecule has 0 aromatic heterocycles. The van der Waals surface area contributed by atoms with Gasteiger partial charge in [0.15, 0.2) is 0 Å². The summed E-state index contributed by atoms with van der Waals surface area (Å²) >= 11 is 6.04. The highest BCUT2D eigenvalue weighted by Gasteiger charge is 2.44. The lowest BCUT2D eigenvalue weighted by molar-refractivity contribution is -0.135. The Hall–Kier alpha value is -1.83. The number of rotatable bonds is 2. The molecular weight excluding hydrogens is 342 g/mol. The van der Waals surface area contributed by atoms with Crippen LogP contribution in [0.3, 0.4) is 0 Å². The van der Waals surface area contributed by atoms with Gasteiger partial charge in [0.05, 0.1) is 0 Å². The molecule has 1 aromatic carbocycles. The lowest BCUT2D eigenvalue weighted by Crippen LogP contribution is -2.54. The number of amides is 2.